The molecule has 106 valence electrons. The number of hydrogen-bond donors (Lipinski definition) is 1. The fourth-order valence-electron chi connectivity index (χ4n) is 2.22. The third-order valence-corrected chi connectivity index (χ3v) is 3.65. The molecule has 0 aromatic heterocycles. The molecular weight excluding hydrogens is 268 g/mol. The molecule has 2 nitrogen and oxygen atoms in total. The molecule has 0 atom stereocenters. The van der Waals surface area contributed by atoms with Gasteiger partial charge in [0.05, 0.1) is 11.4 Å². The van der Waals surface area contributed by atoms with E-state index in [-0.39, 0.29) is 0 Å². The first-order valence-corrected chi connectivity index (χ1v) is 7.12. The quantitative estimate of drug-likeness (QED) is 0.882. The Hall–Kier alpha value is -1.67. The predicted octanol–water partition coefficient (Wildman–Crippen LogP) is 4.63. The molecule has 0 saturated heterocycles. The molecule has 0 unspecified atom stereocenters. The Morgan fingerprint density at radius 2 is 1.80 bits per heavy atom. The van der Waals surface area contributed by atoms with Crippen molar-refractivity contribution in [1.82, 2.24) is 0 Å². The van der Waals surface area contributed by atoms with Crippen molar-refractivity contribution in [3.05, 3.63) is 58.1 Å². The molecule has 0 heterocycles. The van der Waals surface area contributed by atoms with E-state index in [0.29, 0.717) is 0 Å². The molecule has 0 aliphatic heterocycles. The fraction of sp³-hybridized carbons (Fsp3) is 0.294. The van der Waals surface area contributed by atoms with Gasteiger partial charge in [-0.1, -0.05) is 35.4 Å². The molecule has 1 N–H and O–H groups in total. The summed E-state index contributed by atoms with van der Waals surface area (Å²) in [5.41, 5.74) is 6.10. The van der Waals surface area contributed by atoms with E-state index in [2.05, 4.69) is 42.3 Å². The zero-order chi connectivity index (χ0) is 14.7. The number of anilines is 2. The van der Waals surface area contributed by atoms with Crippen molar-refractivity contribution in [2.75, 3.05) is 24.3 Å². The molecule has 2 aromatic carbocycles. The van der Waals surface area contributed by atoms with Crippen LogP contribution in [0.5, 0.6) is 0 Å². The van der Waals surface area contributed by atoms with Crippen LogP contribution in [0.25, 0.3) is 0 Å². The summed E-state index contributed by atoms with van der Waals surface area (Å²) in [6.45, 7) is 5.06. The van der Waals surface area contributed by atoms with Crippen molar-refractivity contribution in [1.29, 1.82) is 0 Å². The largest absolute Gasteiger partial charge is 0.379 e. The Balaban J connectivity index is 2.22. The Bertz CT molecular complexity index is 606. The van der Waals surface area contributed by atoms with Gasteiger partial charge in [-0.05, 0) is 43.2 Å². The van der Waals surface area contributed by atoms with E-state index in [1.807, 2.05) is 32.3 Å². The van der Waals surface area contributed by atoms with E-state index in [1.165, 1.54) is 16.7 Å². The number of rotatable bonds is 4. The SMILES string of the molecule is Cc1ccc(C)c(CNc2cc(Cl)ccc2N(C)C)c1. The molecule has 0 bridgehead atoms. The highest BCUT2D eigenvalue weighted by Gasteiger charge is 2.06. The van der Waals surface area contributed by atoms with Gasteiger partial charge in [0, 0.05) is 25.7 Å². The molecule has 3 heteroatoms. The molecule has 0 aliphatic rings. The second kappa shape index (κ2) is 6.19. The number of benzene rings is 2. The Morgan fingerprint density at radius 1 is 1.05 bits per heavy atom. The molecular formula is C17H21ClN2. The minimum Gasteiger partial charge on any atom is -0.379 e. The number of nitrogens with one attached hydrogen (secondary N) is 1. The summed E-state index contributed by atoms with van der Waals surface area (Å²) < 4.78 is 0. The van der Waals surface area contributed by atoms with Gasteiger partial charge in [0.15, 0.2) is 0 Å². The Morgan fingerprint density at radius 3 is 2.50 bits per heavy atom. The van der Waals surface area contributed by atoms with Gasteiger partial charge in [-0.15, -0.1) is 0 Å². The van der Waals surface area contributed by atoms with Crippen LogP contribution in [0.4, 0.5) is 11.4 Å². The van der Waals surface area contributed by atoms with Crippen molar-refractivity contribution in [2.24, 2.45) is 0 Å². The highest BCUT2D eigenvalue weighted by atomic mass is 35.5. The van der Waals surface area contributed by atoms with E-state index in [0.717, 1.165) is 22.9 Å². The first-order valence-electron chi connectivity index (χ1n) is 6.74. The van der Waals surface area contributed by atoms with Crippen LogP contribution >= 0.6 is 11.6 Å². The summed E-state index contributed by atoms with van der Waals surface area (Å²) in [7, 11) is 4.07. The molecule has 0 fully saturated rings. The summed E-state index contributed by atoms with van der Waals surface area (Å²) in [5, 5.41) is 4.24. The predicted molar refractivity (Wildman–Crippen MR) is 89.0 cm³/mol. The summed E-state index contributed by atoms with van der Waals surface area (Å²) >= 11 is 6.10. The van der Waals surface area contributed by atoms with E-state index >= 15 is 0 Å². The maximum absolute atomic E-state index is 6.10. The van der Waals surface area contributed by atoms with Crippen LogP contribution in [0.15, 0.2) is 36.4 Å². The average Bonchev–Trinajstić information content (AvgIpc) is 2.39. The van der Waals surface area contributed by atoms with Crippen molar-refractivity contribution in [3.8, 4) is 0 Å². The normalized spacial score (nSPS) is 10.4. The van der Waals surface area contributed by atoms with Crippen LogP contribution in [0.1, 0.15) is 16.7 Å². The van der Waals surface area contributed by atoms with Gasteiger partial charge in [-0.2, -0.15) is 0 Å². The molecule has 2 aromatic rings. The third kappa shape index (κ3) is 3.45. The second-order valence-electron chi connectivity index (χ2n) is 5.34. The van der Waals surface area contributed by atoms with Gasteiger partial charge in [0.2, 0.25) is 0 Å². The van der Waals surface area contributed by atoms with Gasteiger partial charge in [-0.3, -0.25) is 0 Å². The van der Waals surface area contributed by atoms with Gasteiger partial charge in [0.25, 0.3) is 0 Å². The minimum absolute atomic E-state index is 0.749. The van der Waals surface area contributed by atoms with E-state index in [1.54, 1.807) is 0 Å². The highest BCUT2D eigenvalue weighted by Crippen LogP contribution is 2.28. The van der Waals surface area contributed by atoms with E-state index in [9.17, 15) is 0 Å². The zero-order valence-electron chi connectivity index (χ0n) is 12.5. The van der Waals surface area contributed by atoms with E-state index < -0.39 is 0 Å². The van der Waals surface area contributed by atoms with Crippen LogP contribution in [-0.4, -0.2) is 14.1 Å². The van der Waals surface area contributed by atoms with Crippen molar-refractivity contribution in [3.63, 3.8) is 0 Å². The first kappa shape index (κ1) is 14.7. The maximum atomic E-state index is 6.10. The molecule has 0 radical (unpaired) electrons. The molecule has 0 spiro atoms. The Kier molecular flexibility index (Phi) is 4.56. The number of halogens is 1. The molecule has 0 aliphatic carbocycles. The van der Waals surface area contributed by atoms with Crippen molar-refractivity contribution < 1.29 is 0 Å². The number of nitrogens with zero attached hydrogens (tertiary/aromatic N) is 1. The minimum atomic E-state index is 0.749. The maximum Gasteiger partial charge on any atom is 0.0597 e. The monoisotopic (exact) mass is 288 g/mol. The topological polar surface area (TPSA) is 15.3 Å². The van der Waals surface area contributed by atoms with Gasteiger partial charge in [0.1, 0.15) is 0 Å². The van der Waals surface area contributed by atoms with Crippen LogP contribution in [0.2, 0.25) is 5.02 Å². The zero-order valence-corrected chi connectivity index (χ0v) is 13.3. The lowest BCUT2D eigenvalue weighted by molar-refractivity contribution is 1.08. The average molecular weight is 289 g/mol. The molecule has 0 saturated carbocycles. The third-order valence-electron chi connectivity index (χ3n) is 3.41. The fourth-order valence-corrected chi connectivity index (χ4v) is 2.39. The van der Waals surface area contributed by atoms with Crippen LogP contribution < -0.4 is 10.2 Å². The Labute approximate surface area is 126 Å². The highest BCUT2D eigenvalue weighted by molar-refractivity contribution is 6.31. The van der Waals surface area contributed by atoms with E-state index in [4.69, 9.17) is 11.6 Å². The second-order valence-corrected chi connectivity index (χ2v) is 5.78. The van der Waals surface area contributed by atoms with Gasteiger partial charge < -0.3 is 10.2 Å². The summed E-state index contributed by atoms with van der Waals surface area (Å²) in [6, 6.07) is 12.5. The van der Waals surface area contributed by atoms with Gasteiger partial charge in [-0.25, -0.2) is 0 Å². The smallest absolute Gasteiger partial charge is 0.0597 e. The lowest BCUT2D eigenvalue weighted by Gasteiger charge is -2.19. The number of hydrogen-bond acceptors (Lipinski definition) is 2. The lowest BCUT2D eigenvalue weighted by Crippen LogP contribution is -2.12. The molecule has 0 amide bonds. The lowest BCUT2D eigenvalue weighted by atomic mass is 10.1. The number of aryl methyl sites for hydroxylation is 2. The molecule has 20 heavy (non-hydrogen) atoms. The summed E-state index contributed by atoms with van der Waals surface area (Å²) in [5.74, 6) is 0. The van der Waals surface area contributed by atoms with Crippen molar-refractivity contribution in [2.45, 2.75) is 20.4 Å². The van der Waals surface area contributed by atoms with Crippen molar-refractivity contribution >= 4 is 23.0 Å². The van der Waals surface area contributed by atoms with Crippen LogP contribution in [0, 0.1) is 13.8 Å². The van der Waals surface area contributed by atoms with Crippen LogP contribution in [-0.2, 0) is 6.54 Å². The van der Waals surface area contributed by atoms with Crippen LogP contribution in [0.3, 0.4) is 0 Å². The molecule has 2 rings (SSSR count). The summed E-state index contributed by atoms with van der Waals surface area (Å²) in [6.07, 6.45) is 0. The first-order chi connectivity index (χ1) is 9.47. The summed E-state index contributed by atoms with van der Waals surface area (Å²) in [4.78, 5) is 2.09. The van der Waals surface area contributed by atoms with Gasteiger partial charge >= 0.3 is 0 Å². The standard InChI is InChI=1S/C17H21ClN2/c1-12-5-6-13(2)14(9-12)11-19-16-10-15(18)7-8-17(16)20(3)4/h5-10,19H,11H2,1-4H3.